The lowest BCUT2D eigenvalue weighted by molar-refractivity contribution is 0.281. The fourth-order valence-corrected chi connectivity index (χ4v) is 2.44. The summed E-state index contributed by atoms with van der Waals surface area (Å²) in [6.45, 7) is 4.48. The first-order chi connectivity index (χ1) is 9.24. The van der Waals surface area contributed by atoms with Crippen molar-refractivity contribution in [1.82, 2.24) is 0 Å². The summed E-state index contributed by atoms with van der Waals surface area (Å²) in [6, 6.07) is 17.4. The molecule has 0 amide bonds. The maximum absolute atomic E-state index is 9.31. The maximum Gasteiger partial charge on any atom is 0.0440 e. The van der Waals surface area contributed by atoms with Crippen LogP contribution in [-0.2, 0) is 6.42 Å². The van der Waals surface area contributed by atoms with Crippen molar-refractivity contribution in [3.05, 3.63) is 70.8 Å². The lowest BCUT2D eigenvalue weighted by Gasteiger charge is -2.17. The van der Waals surface area contributed by atoms with Crippen LogP contribution < -0.4 is 0 Å². The molecule has 0 aliphatic carbocycles. The molecule has 2 aromatic carbocycles. The van der Waals surface area contributed by atoms with Gasteiger partial charge >= 0.3 is 0 Å². The quantitative estimate of drug-likeness (QED) is 0.852. The van der Waals surface area contributed by atoms with Gasteiger partial charge in [0.25, 0.3) is 0 Å². The van der Waals surface area contributed by atoms with Gasteiger partial charge in [-0.05, 0) is 36.5 Å². The van der Waals surface area contributed by atoms with Crippen LogP contribution in [0.3, 0.4) is 0 Å². The van der Waals surface area contributed by atoms with E-state index in [1.165, 1.54) is 22.3 Å². The van der Waals surface area contributed by atoms with Crippen molar-refractivity contribution >= 4 is 0 Å². The van der Waals surface area contributed by atoms with E-state index in [0.29, 0.717) is 0 Å². The molecule has 0 spiro atoms. The summed E-state index contributed by atoms with van der Waals surface area (Å²) >= 11 is 0. The van der Waals surface area contributed by atoms with E-state index in [1.807, 2.05) is 0 Å². The van der Waals surface area contributed by atoms with Crippen LogP contribution in [0.5, 0.6) is 0 Å². The highest BCUT2D eigenvalue weighted by Crippen LogP contribution is 2.28. The van der Waals surface area contributed by atoms with Crippen LogP contribution in [0, 0.1) is 6.92 Å². The molecule has 0 saturated carbocycles. The Labute approximate surface area is 115 Å². The number of benzene rings is 2. The van der Waals surface area contributed by atoms with Gasteiger partial charge < -0.3 is 5.11 Å². The first-order valence-corrected chi connectivity index (χ1v) is 7.01. The molecule has 0 bridgehead atoms. The Hall–Kier alpha value is -1.60. The lowest BCUT2D eigenvalue weighted by atomic mass is 9.88. The van der Waals surface area contributed by atoms with Crippen LogP contribution in [0.1, 0.15) is 41.5 Å². The number of aliphatic hydroxyl groups excluding tert-OH is 1. The summed E-state index contributed by atoms with van der Waals surface area (Å²) in [7, 11) is 0. The Morgan fingerprint density at radius 3 is 1.89 bits per heavy atom. The molecular weight excluding hydrogens is 232 g/mol. The molecular formula is C18H22O. The van der Waals surface area contributed by atoms with E-state index in [4.69, 9.17) is 0 Å². The molecule has 0 aliphatic rings. The zero-order valence-electron chi connectivity index (χ0n) is 11.8. The first-order valence-electron chi connectivity index (χ1n) is 7.01. The van der Waals surface area contributed by atoms with E-state index in [1.54, 1.807) is 0 Å². The van der Waals surface area contributed by atoms with Gasteiger partial charge in [0.2, 0.25) is 0 Å². The summed E-state index contributed by atoms with van der Waals surface area (Å²) in [4.78, 5) is 0. The van der Waals surface area contributed by atoms with Gasteiger partial charge in [-0.15, -0.1) is 0 Å². The van der Waals surface area contributed by atoms with E-state index in [0.717, 1.165) is 12.8 Å². The van der Waals surface area contributed by atoms with Crippen LogP contribution in [0.25, 0.3) is 0 Å². The van der Waals surface area contributed by atoms with Crippen LogP contribution in [0.4, 0.5) is 0 Å². The van der Waals surface area contributed by atoms with Gasteiger partial charge in [0.1, 0.15) is 0 Å². The van der Waals surface area contributed by atoms with Crippen molar-refractivity contribution in [2.45, 2.75) is 32.6 Å². The molecule has 0 aliphatic heterocycles. The normalized spacial score (nSPS) is 12.4. The van der Waals surface area contributed by atoms with E-state index in [9.17, 15) is 5.11 Å². The van der Waals surface area contributed by atoms with Crippen molar-refractivity contribution in [3.63, 3.8) is 0 Å². The van der Waals surface area contributed by atoms with Crippen LogP contribution in [0.15, 0.2) is 48.5 Å². The molecule has 2 aromatic rings. The number of hydrogen-bond donors (Lipinski definition) is 1. The minimum atomic E-state index is 0.216. The van der Waals surface area contributed by atoms with Gasteiger partial charge in [-0.2, -0.15) is 0 Å². The van der Waals surface area contributed by atoms with E-state index in [-0.39, 0.29) is 12.5 Å². The predicted molar refractivity (Wildman–Crippen MR) is 80.5 cm³/mol. The highest BCUT2D eigenvalue weighted by Gasteiger charge is 2.13. The Kier molecular flexibility index (Phi) is 4.75. The van der Waals surface area contributed by atoms with Crippen molar-refractivity contribution < 1.29 is 5.11 Å². The Morgan fingerprint density at radius 1 is 0.895 bits per heavy atom. The van der Waals surface area contributed by atoms with Gasteiger partial charge in [0.15, 0.2) is 0 Å². The smallest absolute Gasteiger partial charge is 0.0440 e. The number of rotatable bonds is 5. The second kappa shape index (κ2) is 6.53. The molecule has 0 radical (unpaired) electrons. The second-order valence-corrected chi connectivity index (χ2v) is 5.07. The predicted octanol–water partition coefficient (Wildman–Crippen LogP) is 4.07. The summed E-state index contributed by atoms with van der Waals surface area (Å²) in [5, 5.41) is 9.31. The zero-order valence-corrected chi connectivity index (χ0v) is 11.8. The molecule has 100 valence electrons. The SMILES string of the molecule is CCc1ccc(C(CCO)c2ccc(C)cc2)cc1. The van der Waals surface area contributed by atoms with Gasteiger partial charge in [0, 0.05) is 12.5 Å². The zero-order chi connectivity index (χ0) is 13.7. The second-order valence-electron chi connectivity index (χ2n) is 5.07. The van der Waals surface area contributed by atoms with Crippen LogP contribution in [0.2, 0.25) is 0 Å². The first kappa shape index (κ1) is 13.8. The molecule has 0 saturated heterocycles. The van der Waals surface area contributed by atoms with Gasteiger partial charge in [-0.3, -0.25) is 0 Å². The summed E-state index contributed by atoms with van der Waals surface area (Å²) in [5.41, 5.74) is 5.20. The largest absolute Gasteiger partial charge is 0.396 e. The van der Waals surface area contributed by atoms with Crippen molar-refractivity contribution in [2.75, 3.05) is 6.61 Å². The summed E-state index contributed by atoms with van der Waals surface area (Å²) in [5.74, 6) is 0.288. The average molecular weight is 254 g/mol. The molecule has 0 fully saturated rings. The third-order valence-corrected chi connectivity index (χ3v) is 3.69. The highest BCUT2D eigenvalue weighted by atomic mass is 16.3. The van der Waals surface area contributed by atoms with Gasteiger partial charge in [-0.25, -0.2) is 0 Å². The van der Waals surface area contributed by atoms with Crippen LogP contribution >= 0.6 is 0 Å². The van der Waals surface area contributed by atoms with E-state index >= 15 is 0 Å². The molecule has 0 heterocycles. The lowest BCUT2D eigenvalue weighted by Crippen LogP contribution is -2.04. The van der Waals surface area contributed by atoms with Crippen LogP contribution in [-0.4, -0.2) is 11.7 Å². The maximum atomic E-state index is 9.31. The Balaban J connectivity index is 2.30. The monoisotopic (exact) mass is 254 g/mol. The molecule has 1 unspecified atom stereocenters. The minimum Gasteiger partial charge on any atom is -0.396 e. The Bertz CT molecular complexity index is 496. The molecule has 1 atom stereocenters. The molecule has 19 heavy (non-hydrogen) atoms. The van der Waals surface area contributed by atoms with E-state index < -0.39 is 0 Å². The van der Waals surface area contributed by atoms with Crippen molar-refractivity contribution in [3.8, 4) is 0 Å². The van der Waals surface area contributed by atoms with E-state index in [2.05, 4.69) is 62.4 Å². The topological polar surface area (TPSA) is 20.2 Å². The summed E-state index contributed by atoms with van der Waals surface area (Å²) in [6.07, 6.45) is 1.84. The van der Waals surface area contributed by atoms with Crippen molar-refractivity contribution in [2.24, 2.45) is 0 Å². The summed E-state index contributed by atoms with van der Waals surface area (Å²) < 4.78 is 0. The third-order valence-electron chi connectivity index (χ3n) is 3.69. The molecule has 0 aromatic heterocycles. The number of aliphatic hydroxyl groups is 1. The minimum absolute atomic E-state index is 0.216. The number of aryl methyl sites for hydroxylation is 2. The molecule has 1 nitrogen and oxygen atoms in total. The molecule has 1 heteroatoms. The van der Waals surface area contributed by atoms with Crippen molar-refractivity contribution in [1.29, 1.82) is 0 Å². The highest BCUT2D eigenvalue weighted by molar-refractivity contribution is 5.35. The molecule has 2 rings (SSSR count). The fourth-order valence-electron chi connectivity index (χ4n) is 2.44. The fraction of sp³-hybridized carbons (Fsp3) is 0.333. The Morgan fingerprint density at radius 2 is 1.42 bits per heavy atom. The van der Waals surface area contributed by atoms with Gasteiger partial charge in [0.05, 0.1) is 0 Å². The number of hydrogen-bond acceptors (Lipinski definition) is 1. The average Bonchev–Trinajstić information content (AvgIpc) is 2.46. The standard InChI is InChI=1S/C18H22O/c1-3-15-6-10-17(11-7-15)18(12-13-19)16-8-4-14(2)5-9-16/h4-11,18-19H,3,12-13H2,1-2H3. The third kappa shape index (κ3) is 3.45. The molecule has 1 N–H and O–H groups in total. The van der Waals surface area contributed by atoms with Gasteiger partial charge in [-0.1, -0.05) is 61.0 Å².